The van der Waals surface area contributed by atoms with Gasteiger partial charge in [-0.25, -0.2) is 8.78 Å². The molecule has 0 saturated heterocycles. The molecule has 2 rings (SSSR count). The standard InChI is InChI=1S/C16H15BrF2/c1-9-6-12(4-5-14(9)19)16(17)15-10(2)7-13(18)8-11(15)3/h4-8,16H,1-3H3. The minimum absolute atomic E-state index is 0.0626. The van der Waals surface area contributed by atoms with Crippen LogP contribution in [0.1, 0.15) is 32.6 Å². The van der Waals surface area contributed by atoms with E-state index < -0.39 is 0 Å². The zero-order valence-electron chi connectivity index (χ0n) is 11.1. The highest BCUT2D eigenvalue weighted by Crippen LogP contribution is 2.35. The van der Waals surface area contributed by atoms with Gasteiger partial charge < -0.3 is 0 Å². The van der Waals surface area contributed by atoms with Crippen LogP contribution < -0.4 is 0 Å². The van der Waals surface area contributed by atoms with E-state index in [0.29, 0.717) is 5.56 Å². The Hall–Kier alpha value is -1.22. The van der Waals surface area contributed by atoms with E-state index in [0.717, 1.165) is 22.3 Å². The molecule has 0 fully saturated rings. The Balaban J connectivity index is 2.49. The van der Waals surface area contributed by atoms with Crippen molar-refractivity contribution in [1.82, 2.24) is 0 Å². The first-order chi connectivity index (χ1) is 8.90. The summed E-state index contributed by atoms with van der Waals surface area (Å²) in [6, 6.07) is 8.08. The maximum absolute atomic E-state index is 13.3. The van der Waals surface area contributed by atoms with Gasteiger partial charge in [0.15, 0.2) is 0 Å². The second kappa shape index (κ2) is 5.41. The molecule has 19 heavy (non-hydrogen) atoms. The number of halogens is 3. The molecule has 1 unspecified atom stereocenters. The summed E-state index contributed by atoms with van der Waals surface area (Å²) in [6.07, 6.45) is 0. The largest absolute Gasteiger partial charge is 0.207 e. The Kier molecular flexibility index (Phi) is 4.04. The van der Waals surface area contributed by atoms with Gasteiger partial charge in [0.1, 0.15) is 11.6 Å². The maximum Gasteiger partial charge on any atom is 0.126 e. The quantitative estimate of drug-likeness (QED) is 0.651. The van der Waals surface area contributed by atoms with Crippen molar-refractivity contribution in [1.29, 1.82) is 0 Å². The average Bonchev–Trinajstić information content (AvgIpc) is 2.31. The van der Waals surface area contributed by atoms with Crippen LogP contribution in [-0.4, -0.2) is 0 Å². The normalized spacial score (nSPS) is 12.5. The van der Waals surface area contributed by atoms with Crippen LogP contribution in [0.15, 0.2) is 30.3 Å². The Bertz CT molecular complexity index is 597. The lowest BCUT2D eigenvalue weighted by molar-refractivity contribution is 0.617. The molecule has 0 aromatic heterocycles. The van der Waals surface area contributed by atoms with Crippen LogP contribution in [0.25, 0.3) is 0 Å². The first kappa shape index (κ1) is 14.2. The summed E-state index contributed by atoms with van der Waals surface area (Å²) in [7, 11) is 0. The van der Waals surface area contributed by atoms with Crippen LogP contribution in [0.2, 0.25) is 0 Å². The van der Waals surface area contributed by atoms with Crippen molar-refractivity contribution in [3.8, 4) is 0 Å². The molecule has 0 saturated carbocycles. The zero-order chi connectivity index (χ0) is 14.2. The fraction of sp³-hybridized carbons (Fsp3) is 0.250. The SMILES string of the molecule is Cc1cc(C(Br)c2c(C)cc(F)cc2C)ccc1F. The molecule has 0 amide bonds. The van der Waals surface area contributed by atoms with Crippen molar-refractivity contribution >= 4 is 15.9 Å². The average molecular weight is 325 g/mol. The zero-order valence-corrected chi connectivity index (χ0v) is 12.7. The smallest absolute Gasteiger partial charge is 0.126 e. The molecule has 0 aliphatic heterocycles. The highest BCUT2D eigenvalue weighted by Gasteiger charge is 2.17. The molecule has 3 heteroatoms. The summed E-state index contributed by atoms with van der Waals surface area (Å²) in [5.74, 6) is -0.440. The van der Waals surface area contributed by atoms with Crippen molar-refractivity contribution < 1.29 is 8.78 Å². The van der Waals surface area contributed by atoms with Gasteiger partial charge in [-0.15, -0.1) is 0 Å². The van der Waals surface area contributed by atoms with Gasteiger partial charge in [-0.05, 0) is 66.8 Å². The number of hydrogen-bond donors (Lipinski definition) is 0. The molecule has 0 aliphatic carbocycles. The second-order valence-corrected chi connectivity index (χ2v) is 5.74. The molecule has 0 N–H and O–H groups in total. The first-order valence-corrected chi connectivity index (χ1v) is 6.98. The lowest BCUT2D eigenvalue weighted by Gasteiger charge is -2.17. The van der Waals surface area contributed by atoms with Gasteiger partial charge in [-0.1, -0.05) is 28.1 Å². The van der Waals surface area contributed by atoms with Crippen molar-refractivity contribution in [2.75, 3.05) is 0 Å². The number of rotatable bonds is 2. The van der Waals surface area contributed by atoms with E-state index in [9.17, 15) is 8.78 Å². The first-order valence-electron chi connectivity index (χ1n) is 6.07. The number of aryl methyl sites for hydroxylation is 3. The minimum atomic E-state index is -0.228. The van der Waals surface area contributed by atoms with E-state index in [2.05, 4.69) is 15.9 Å². The van der Waals surface area contributed by atoms with Crippen LogP contribution >= 0.6 is 15.9 Å². The highest BCUT2D eigenvalue weighted by molar-refractivity contribution is 9.09. The number of alkyl halides is 1. The van der Waals surface area contributed by atoms with Crippen LogP contribution in [-0.2, 0) is 0 Å². The monoisotopic (exact) mass is 324 g/mol. The Morgan fingerprint density at radius 3 is 2.00 bits per heavy atom. The fourth-order valence-electron chi connectivity index (χ4n) is 2.31. The predicted molar refractivity (Wildman–Crippen MR) is 77.8 cm³/mol. The summed E-state index contributed by atoms with van der Waals surface area (Å²) in [4.78, 5) is -0.0626. The molecular formula is C16H15BrF2. The Labute approximate surface area is 120 Å². The van der Waals surface area contributed by atoms with Gasteiger partial charge in [-0.3, -0.25) is 0 Å². The van der Waals surface area contributed by atoms with Crippen LogP contribution in [0, 0.1) is 32.4 Å². The van der Waals surface area contributed by atoms with E-state index in [-0.39, 0.29) is 16.5 Å². The summed E-state index contributed by atoms with van der Waals surface area (Å²) >= 11 is 3.63. The molecule has 100 valence electrons. The topological polar surface area (TPSA) is 0 Å². The summed E-state index contributed by atoms with van der Waals surface area (Å²) < 4.78 is 26.6. The molecule has 0 bridgehead atoms. The van der Waals surface area contributed by atoms with Gasteiger partial charge >= 0.3 is 0 Å². The lowest BCUT2D eigenvalue weighted by atomic mass is 9.95. The molecule has 0 spiro atoms. The second-order valence-electron chi connectivity index (χ2n) is 4.82. The lowest BCUT2D eigenvalue weighted by Crippen LogP contribution is -2.01. The minimum Gasteiger partial charge on any atom is -0.207 e. The molecule has 0 nitrogen and oxygen atoms in total. The van der Waals surface area contributed by atoms with Gasteiger partial charge in [0.2, 0.25) is 0 Å². The fourth-order valence-corrected chi connectivity index (χ4v) is 3.32. The van der Waals surface area contributed by atoms with Crippen molar-refractivity contribution in [3.63, 3.8) is 0 Å². The third-order valence-corrected chi connectivity index (χ3v) is 4.27. The Morgan fingerprint density at radius 1 is 0.895 bits per heavy atom. The third kappa shape index (κ3) is 2.86. The van der Waals surface area contributed by atoms with Gasteiger partial charge in [0.05, 0.1) is 4.83 Å². The molecule has 0 aliphatic rings. The van der Waals surface area contributed by atoms with E-state index in [1.807, 2.05) is 19.9 Å². The van der Waals surface area contributed by atoms with Crippen LogP contribution in [0.3, 0.4) is 0 Å². The van der Waals surface area contributed by atoms with Crippen LogP contribution in [0.4, 0.5) is 8.78 Å². The summed E-state index contributed by atoms with van der Waals surface area (Å²) in [6.45, 7) is 5.51. The van der Waals surface area contributed by atoms with E-state index in [4.69, 9.17) is 0 Å². The number of benzene rings is 2. The molecule has 2 aromatic rings. The molecule has 2 aromatic carbocycles. The third-order valence-electron chi connectivity index (χ3n) is 3.29. The molecule has 0 radical (unpaired) electrons. The van der Waals surface area contributed by atoms with E-state index in [1.165, 1.54) is 18.2 Å². The van der Waals surface area contributed by atoms with Crippen molar-refractivity contribution in [2.24, 2.45) is 0 Å². The highest BCUT2D eigenvalue weighted by atomic mass is 79.9. The van der Waals surface area contributed by atoms with E-state index in [1.54, 1.807) is 13.0 Å². The van der Waals surface area contributed by atoms with Crippen molar-refractivity contribution in [2.45, 2.75) is 25.6 Å². The van der Waals surface area contributed by atoms with E-state index >= 15 is 0 Å². The number of hydrogen-bond acceptors (Lipinski definition) is 0. The Morgan fingerprint density at radius 2 is 1.47 bits per heavy atom. The van der Waals surface area contributed by atoms with Gasteiger partial charge in [0, 0.05) is 0 Å². The van der Waals surface area contributed by atoms with Crippen molar-refractivity contribution in [3.05, 3.63) is 69.8 Å². The molecule has 0 heterocycles. The molecule has 1 atom stereocenters. The van der Waals surface area contributed by atoms with Gasteiger partial charge in [-0.2, -0.15) is 0 Å². The summed E-state index contributed by atoms with van der Waals surface area (Å²) in [5, 5.41) is 0. The maximum atomic E-state index is 13.3. The van der Waals surface area contributed by atoms with Gasteiger partial charge in [0.25, 0.3) is 0 Å². The predicted octanol–water partition coefficient (Wildman–Crippen LogP) is 5.37. The molecular weight excluding hydrogens is 310 g/mol. The van der Waals surface area contributed by atoms with Crippen LogP contribution in [0.5, 0.6) is 0 Å². The summed E-state index contributed by atoms with van der Waals surface area (Å²) in [5.41, 5.74) is 4.39.